The summed E-state index contributed by atoms with van der Waals surface area (Å²) in [6.07, 6.45) is 5.08. The first kappa shape index (κ1) is 18.6. The zero-order valence-electron chi connectivity index (χ0n) is 15.9. The number of oxazole rings is 1. The van der Waals surface area contributed by atoms with Gasteiger partial charge in [0.25, 0.3) is 0 Å². The van der Waals surface area contributed by atoms with E-state index in [4.69, 9.17) is 9.68 Å². The molecule has 2 heterocycles. The van der Waals surface area contributed by atoms with Crippen LogP contribution < -0.4 is 0 Å². The lowest BCUT2D eigenvalue weighted by atomic mass is 10.0. The van der Waals surface area contributed by atoms with Crippen LogP contribution in [0.3, 0.4) is 0 Å². The van der Waals surface area contributed by atoms with Crippen LogP contribution in [-0.4, -0.2) is 35.7 Å². The van der Waals surface area contributed by atoms with Crippen molar-refractivity contribution in [3.8, 4) is 17.2 Å². The van der Waals surface area contributed by atoms with Gasteiger partial charge in [0.2, 0.25) is 0 Å². The molecule has 0 saturated carbocycles. The Morgan fingerprint density at radius 3 is 2.71 bits per heavy atom. The fourth-order valence-corrected chi connectivity index (χ4v) is 3.94. The highest BCUT2D eigenvalue weighted by Gasteiger charge is 2.21. The predicted octanol–water partition coefficient (Wildman–Crippen LogP) is 5.12. The zero-order valence-corrected chi connectivity index (χ0v) is 15.9. The van der Waals surface area contributed by atoms with Crippen LogP contribution in [0.25, 0.3) is 22.2 Å². The number of alkyl halides is 1. The number of hydrogen-bond donors (Lipinski definition) is 0. The van der Waals surface area contributed by atoms with E-state index in [0.29, 0.717) is 17.9 Å². The maximum absolute atomic E-state index is 13.4. The lowest BCUT2D eigenvalue weighted by Crippen LogP contribution is -2.37. The summed E-state index contributed by atoms with van der Waals surface area (Å²) >= 11 is 0. The Labute approximate surface area is 164 Å². The number of hydrogen-bond acceptors (Lipinski definition) is 4. The van der Waals surface area contributed by atoms with Crippen LogP contribution in [0.5, 0.6) is 0 Å². The summed E-state index contributed by atoms with van der Waals surface area (Å²) in [4.78, 5) is 6.91. The van der Waals surface area contributed by atoms with Crippen LogP contribution >= 0.6 is 0 Å². The van der Waals surface area contributed by atoms with E-state index >= 15 is 0 Å². The van der Waals surface area contributed by atoms with E-state index in [1.807, 2.05) is 42.5 Å². The first-order valence-corrected chi connectivity index (χ1v) is 9.97. The van der Waals surface area contributed by atoms with Gasteiger partial charge in [0.15, 0.2) is 11.5 Å². The van der Waals surface area contributed by atoms with Gasteiger partial charge in [-0.2, -0.15) is 5.26 Å². The molecule has 4 nitrogen and oxygen atoms in total. The van der Waals surface area contributed by atoms with Crippen molar-refractivity contribution in [2.24, 2.45) is 0 Å². The maximum atomic E-state index is 13.4. The second kappa shape index (κ2) is 8.53. The molecule has 5 heteroatoms. The largest absolute Gasteiger partial charge is 0.441 e. The SMILES string of the molecule is N#Cc1ccc(-c2ccc3oc(CCN4CCCCC[C@@H]4CF)nc3c2)cc1. The summed E-state index contributed by atoms with van der Waals surface area (Å²) < 4.78 is 19.3. The first-order chi connectivity index (χ1) is 13.8. The molecule has 0 unspecified atom stereocenters. The van der Waals surface area contributed by atoms with Crippen molar-refractivity contribution in [2.45, 2.75) is 38.1 Å². The van der Waals surface area contributed by atoms with Crippen LogP contribution in [0, 0.1) is 11.3 Å². The van der Waals surface area contributed by atoms with Gasteiger partial charge in [-0.1, -0.05) is 31.0 Å². The zero-order chi connectivity index (χ0) is 19.3. The third-order valence-electron chi connectivity index (χ3n) is 5.57. The van der Waals surface area contributed by atoms with Crippen molar-refractivity contribution in [1.29, 1.82) is 5.26 Å². The number of nitriles is 1. The fraction of sp³-hybridized carbons (Fsp3) is 0.391. The predicted molar refractivity (Wildman–Crippen MR) is 108 cm³/mol. The quantitative estimate of drug-likeness (QED) is 0.619. The lowest BCUT2D eigenvalue weighted by molar-refractivity contribution is 0.166. The molecule has 1 aromatic heterocycles. The molecule has 0 aliphatic carbocycles. The van der Waals surface area contributed by atoms with Crippen LogP contribution in [0.4, 0.5) is 4.39 Å². The van der Waals surface area contributed by atoms with Crippen molar-refractivity contribution < 1.29 is 8.81 Å². The Kier molecular flexibility index (Phi) is 5.68. The average Bonchev–Trinajstić information content (AvgIpc) is 3.01. The van der Waals surface area contributed by atoms with Crippen molar-refractivity contribution >= 4 is 11.1 Å². The molecule has 144 valence electrons. The fourth-order valence-electron chi connectivity index (χ4n) is 3.94. The van der Waals surface area contributed by atoms with E-state index in [2.05, 4.69) is 16.0 Å². The monoisotopic (exact) mass is 377 g/mol. The van der Waals surface area contributed by atoms with Gasteiger partial charge in [0, 0.05) is 19.0 Å². The molecule has 1 aliphatic rings. The normalized spacial score (nSPS) is 18.1. The number of likely N-dealkylation sites (tertiary alicyclic amines) is 1. The third kappa shape index (κ3) is 4.07. The number of nitrogens with zero attached hydrogens (tertiary/aromatic N) is 3. The highest BCUT2D eigenvalue weighted by molar-refractivity contribution is 5.80. The van der Waals surface area contributed by atoms with Crippen LogP contribution in [-0.2, 0) is 6.42 Å². The van der Waals surface area contributed by atoms with E-state index in [1.54, 1.807) is 0 Å². The van der Waals surface area contributed by atoms with Gasteiger partial charge >= 0.3 is 0 Å². The summed E-state index contributed by atoms with van der Waals surface area (Å²) in [5.74, 6) is 0.703. The van der Waals surface area contributed by atoms with Gasteiger partial charge in [0.05, 0.1) is 11.6 Å². The number of fused-ring (bicyclic) bond motifs is 1. The second-order valence-corrected chi connectivity index (χ2v) is 7.42. The molecule has 0 bridgehead atoms. The summed E-state index contributed by atoms with van der Waals surface area (Å²) in [6, 6.07) is 15.6. The number of benzene rings is 2. The Morgan fingerprint density at radius 2 is 1.93 bits per heavy atom. The van der Waals surface area contributed by atoms with Crippen molar-refractivity contribution in [1.82, 2.24) is 9.88 Å². The first-order valence-electron chi connectivity index (χ1n) is 9.97. The maximum Gasteiger partial charge on any atom is 0.196 e. The molecule has 2 aromatic carbocycles. The van der Waals surface area contributed by atoms with Crippen molar-refractivity contribution in [2.75, 3.05) is 19.8 Å². The van der Waals surface area contributed by atoms with Crippen molar-refractivity contribution in [3.05, 3.63) is 53.9 Å². The Hall–Kier alpha value is -2.71. The van der Waals surface area contributed by atoms with Crippen molar-refractivity contribution in [3.63, 3.8) is 0 Å². The van der Waals surface area contributed by atoms with Gasteiger partial charge in [-0.15, -0.1) is 0 Å². The third-order valence-corrected chi connectivity index (χ3v) is 5.57. The molecular formula is C23H24FN3O. The van der Waals surface area contributed by atoms with Gasteiger partial charge in [-0.25, -0.2) is 9.37 Å². The van der Waals surface area contributed by atoms with E-state index < -0.39 is 0 Å². The molecule has 1 fully saturated rings. The summed E-state index contributed by atoms with van der Waals surface area (Å²) in [5.41, 5.74) is 4.33. The van der Waals surface area contributed by atoms with E-state index in [9.17, 15) is 4.39 Å². The molecule has 0 N–H and O–H groups in total. The molecule has 1 aliphatic heterocycles. The molecule has 0 spiro atoms. The topological polar surface area (TPSA) is 53.1 Å². The van der Waals surface area contributed by atoms with Crippen LogP contribution in [0.1, 0.15) is 37.1 Å². The molecular weight excluding hydrogens is 353 g/mol. The lowest BCUT2D eigenvalue weighted by Gasteiger charge is -2.27. The second-order valence-electron chi connectivity index (χ2n) is 7.42. The number of rotatable bonds is 5. The van der Waals surface area contributed by atoms with Gasteiger partial charge in [-0.05, 0) is 54.8 Å². The minimum Gasteiger partial charge on any atom is -0.441 e. The van der Waals surface area contributed by atoms with E-state index in [1.165, 1.54) is 6.42 Å². The molecule has 28 heavy (non-hydrogen) atoms. The smallest absolute Gasteiger partial charge is 0.196 e. The van der Waals surface area contributed by atoms with E-state index in [-0.39, 0.29) is 12.7 Å². The molecule has 0 amide bonds. The minimum atomic E-state index is -0.276. The molecule has 3 aromatic rings. The summed E-state index contributed by atoms with van der Waals surface area (Å²) in [7, 11) is 0. The number of aromatic nitrogens is 1. The van der Waals surface area contributed by atoms with E-state index in [0.717, 1.165) is 54.6 Å². The molecule has 4 rings (SSSR count). The highest BCUT2D eigenvalue weighted by Crippen LogP contribution is 2.26. The van der Waals surface area contributed by atoms with Gasteiger partial charge in [-0.3, -0.25) is 4.90 Å². The Morgan fingerprint density at radius 1 is 1.11 bits per heavy atom. The van der Waals surface area contributed by atoms with Crippen LogP contribution in [0.15, 0.2) is 46.9 Å². The summed E-state index contributed by atoms with van der Waals surface area (Å²) in [6.45, 7) is 1.46. The Bertz CT molecular complexity index is 974. The average molecular weight is 377 g/mol. The highest BCUT2D eigenvalue weighted by atomic mass is 19.1. The molecule has 1 saturated heterocycles. The molecule has 0 radical (unpaired) electrons. The summed E-state index contributed by atoms with van der Waals surface area (Å²) in [5, 5.41) is 8.94. The Balaban J connectivity index is 1.49. The van der Waals surface area contributed by atoms with Gasteiger partial charge in [0.1, 0.15) is 12.2 Å². The molecule has 1 atom stereocenters. The van der Waals surface area contributed by atoms with Crippen LogP contribution in [0.2, 0.25) is 0 Å². The standard InChI is InChI=1S/C23H24FN3O/c24-15-20-4-2-1-3-12-27(20)13-11-23-26-21-14-19(9-10-22(21)28-23)18-7-5-17(16-25)6-8-18/h5-10,14,20H,1-4,11-13,15H2/t20-/m1/s1. The number of halogens is 1. The van der Waals surface area contributed by atoms with Gasteiger partial charge < -0.3 is 4.42 Å². The minimum absolute atomic E-state index is 0.0369.